The number of nitrogens with zero attached hydrogens (tertiary/aromatic N) is 1. The third kappa shape index (κ3) is 4.05. The average molecular weight is 379 g/mol. The van der Waals surface area contributed by atoms with Crippen LogP contribution in [0.1, 0.15) is 34.8 Å². The van der Waals surface area contributed by atoms with E-state index in [1.54, 1.807) is 0 Å². The van der Waals surface area contributed by atoms with Crippen LogP contribution in [-0.2, 0) is 13.0 Å². The van der Waals surface area contributed by atoms with E-state index >= 15 is 0 Å². The molecule has 1 aliphatic heterocycles. The first kappa shape index (κ1) is 18.8. The first-order valence-electron chi connectivity index (χ1n) is 8.73. The Morgan fingerprint density at radius 2 is 1.92 bits per heavy atom. The Morgan fingerprint density at radius 3 is 2.65 bits per heavy atom. The molecule has 1 heterocycles. The van der Waals surface area contributed by atoms with Crippen LogP contribution in [0.15, 0.2) is 36.4 Å². The van der Waals surface area contributed by atoms with Crippen molar-refractivity contribution in [2.24, 2.45) is 0 Å². The number of benzene rings is 2. The van der Waals surface area contributed by atoms with Crippen LogP contribution in [0, 0.1) is 11.6 Å². The summed E-state index contributed by atoms with van der Waals surface area (Å²) in [5.74, 6) is -2.64. The first-order valence-corrected chi connectivity index (χ1v) is 9.11. The van der Waals surface area contributed by atoms with Crippen molar-refractivity contribution in [1.29, 1.82) is 0 Å². The molecule has 2 aromatic carbocycles. The SMILES string of the molecule is CCC(CNC(=O)c1cc(F)c(F)cc1Cl)N1CCc2ccccc2C1. The number of hydrogen-bond donors (Lipinski definition) is 1. The van der Waals surface area contributed by atoms with Crippen LogP contribution in [0.2, 0.25) is 5.02 Å². The maximum Gasteiger partial charge on any atom is 0.252 e. The van der Waals surface area contributed by atoms with Crippen molar-refractivity contribution in [2.45, 2.75) is 32.4 Å². The number of hydrogen-bond acceptors (Lipinski definition) is 2. The Kier molecular flexibility index (Phi) is 5.89. The number of carbonyl (C=O) groups is 1. The lowest BCUT2D eigenvalue weighted by Gasteiger charge is -2.35. The minimum absolute atomic E-state index is 0.0515. The average Bonchev–Trinajstić information content (AvgIpc) is 2.65. The minimum Gasteiger partial charge on any atom is -0.350 e. The van der Waals surface area contributed by atoms with E-state index in [2.05, 4.69) is 35.3 Å². The van der Waals surface area contributed by atoms with Crippen molar-refractivity contribution < 1.29 is 13.6 Å². The van der Waals surface area contributed by atoms with Gasteiger partial charge in [-0.2, -0.15) is 0 Å². The van der Waals surface area contributed by atoms with Crippen molar-refractivity contribution in [3.63, 3.8) is 0 Å². The molecule has 1 N–H and O–H groups in total. The Morgan fingerprint density at radius 1 is 1.23 bits per heavy atom. The number of amides is 1. The maximum absolute atomic E-state index is 13.4. The molecule has 1 aliphatic rings. The van der Waals surface area contributed by atoms with E-state index < -0.39 is 17.5 Å². The van der Waals surface area contributed by atoms with Gasteiger partial charge in [-0.05, 0) is 36.1 Å². The molecule has 1 amide bonds. The van der Waals surface area contributed by atoms with Crippen LogP contribution in [0.3, 0.4) is 0 Å². The van der Waals surface area contributed by atoms with Gasteiger partial charge in [0.1, 0.15) is 0 Å². The zero-order chi connectivity index (χ0) is 18.7. The molecule has 3 nitrogen and oxygen atoms in total. The van der Waals surface area contributed by atoms with E-state index in [0.29, 0.717) is 6.54 Å². The fourth-order valence-electron chi connectivity index (χ4n) is 3.36. The normalized spacial score (nSPS) is 15.4. The van der Waals surface area contributed by atoms with Crippen molar-refractivity contribution >= 4 is 17.5 Å². The van der Waals surface area contributed by atoms with E-state index in [1.165, 1.54) is 11.1 Å². The van der Waals surface area contributed by atoms with Crippen molar-refractivity contribution in [1.82, 2.24) is 10.2 Å². The molecule has 0 spiro atoms. The molecule has 138 valence electrons. The Labute approximate surface area is 157 Å². The molecule has 0 radical (unpaired) electrons. The van der Waals surface area contributed by atoms with Gasteiger partial charge in [0.05, 0.1) is 10.6 Å². The van der Waals surface area contributed by atoms with Gasteiger partial charge in [-0.1, -0.05) is 42.8 Å². The van der Waals surface area contributed by atoms with Crippen LogP contribution in [0.5, 0.6) is 0 Å². The summed E-state index contributed by atoms with van der Waals surface area (Å²) in [6, 6.07) is 10.2. The highest BCUT2D eigenvalue weighted by Gasteiger charge is 2.23. The molecule has 2 aromatic rings. The molecular formula is C20H21ClF2N2O. The second-order valence-electron chi connectivity index (χ2n) is 6.51. The molecule has 0 saturated heterocycles. The zero-order valence-electron chi connectivity index (χ0n) is 14.6. The molecular weight excluding hydrogens is 358 g/mol. The lowest BCUT2D eigenvalue weighted by Crippen LogP contribution is -2.45. The van der Waals surface area contributed by atoms with Gasteiger partial charge < -0.3 is 5.32 Å². The predicted octanol–water partition coefficient (Wildman–Crippen LogP) is 4.18. The third-order valence-electron chi connectivity index (χ3n) is 4.90. The zero-order valence-corrected chi connectivity index (χ0v) is 15.3. The van der Waals surface area contributed by atoms with Crippen LogP contribution in [0.25, 0.3) is 0 Å². The molecule has 26 heavy (non-hydrogen) atoms. The van der Waals surface area contributed by atoms with Crippen molar-refractivity contribution in [3.05, 3.63) is 69.7 Å². The van der Waals surface area contributed by atoms with Gasteiger partial charge in [0.15, 0.2) is 11.6 Å². The van der Waals surface area contributed by atoms with E-state index in [0.717, 1.165) is 38.1 Å². The number of nitrogens with one attached hydrogen (secondary N) is 1. The maximum atomic E-state index is 13.4. The largest absolute Gasteiger partial charge is 0.350 e. The molecule has 3 rings (SSSR count). The van der Waals surface area contributed by atoms with Gasteiger partial charge in [0.2, 0.25) is 0 Å². The van der Waals surface area contributed by atoms with E-state index in [-0.39, 0.29) is 16.6 Å². The summed E-state index contributed by atoms with van der Waals surface area (Å²) in [4.78, 5) is 14.7. The molecule has 0 aromatic heterocycles. The molecule has 0 aliphatic carbocycles. The number of carbonyl (C=O) groups excluding carboxylic acids is 1. The molecule has 6 heteroatoms. The van der Waals surface area contributed by atoms with Gasteiger partial charge in [-0.15, -0.1) is 0 Å². The monoisotopic (exact) mass is 378 g/mol. The number of fused-ring (bicyclic) bond motifs is 1. The van der Waals surface area contributed by atoms with Gasteiger partial charge in [0, 0.05) is 25.7 Å². The number of halogens is 3. The Hall–Kier alpha value is -1.98. The lowest BCUT2D eigenvalue weighted by atomic mass is 9.98. The number of rotatable bonds is 5. The molecule has 0 bridgehead atoms. The highest BCUT2D eigenvalue weighted by molar-refractivity contribution is 6.33. The van der Waals surface area contributed by atoms with Gasteiger partial charge in [-0.3, -0.25) is 9.69 Å². The van der Waals surface area contributed by atoms with E-state index in [1.807, 2.05) is 6.07 Å². The second kappa shape index (κ2) is 8.14. The Bertz CT molecular complexity index is 812. The summed E-state index contributed by atoms with van der Waals surface area (Å²) >= 11 is 5.87. The van der Waals surface area contributed by atoms with Crippen LogP contribution in [0.4, 0.5) is 8.78 Å². The molecule has 0 saturated carbocycles. The lowest BCUT2D eigenvalue weighted by molar-refractivity contribution is 0.0926. The summed E-state index contributed by atoms with van der Waals surface area (Å²) in [6.45, 7) is 4.27. The standard InChI is InChI=1S/C20H21ClF2N2O/c1-2-15(25-8-7-13-5-3-4-6-14(13)12-25)11-24-20(26)16-9-18(22)19(23)10-17(16)21/h3-6,9-10,15H,2,7-8,11-12H2,1H3,(H,24,26). The van der Waals surface area contributed by atoms with Gasteiger partial charge in [-0.25, -0.2) is 8.78 Å². The first-order chi connectivity index (χ1) is 12.5. The topological polar surface area (TPSA) is 32.3 Å². The van der Waals surface area contributed by atoms with E-state index in [9.17, 15) is 13.6 Å². The minimum atomic E-state index is -1.08. The van der Waals surface area contributed by atoms with Gasteiger partial charge >= 0.3 is 0 Å². The van der Waals surface area contributed by atoms with Crippen LogP contribution < -0.4 is 5.32 Å². The summed E-state index contributed by atoms with van der Waals surface area (Å²) in [6.07, 6.45) is 1.85. The highest BCUT2D eigenvalue weighted by Crippen LogP contribution is 2.22. The summed E-state index contributed by atoms with van der Waals surface area (Å²) in [7, 11) is 0. The quantitative estimate of drug-likeness (QED) is 0.791. The van der Waals surface area contributed by atoms with Crippen LogP contribution >= 0.6 is 11.6 Å². The Balaban J connectivity index is 1.64. The smallest absolute Gasteiger partial charge is 0.252 e. The molecule has 0 fully saturated rings. The van der Waals surface area contributed by atoms with Gasteiger partial charge in [0.25, 0.3) is 5.91 Å². The molecule has 1 unspecified atom stereocenters. The molecule has 1 atom stereocenters. The summed E-state index contributed by atoms with van der Waals surface area (Å²) < 4.78 is 26.6. The van der Waals surface area contributed by atoms with Crippen molar-refractivity contribution in [2.75, 3.05) is 13.1 Å². The second-order valence-corrected chi connectivity index (χ2v) is 6.91. The predicted molar refractivity (Wildman–Crippen MR) is 98.3 cm³/mol. The van der Waals surface area contributed by atoms with E-state index in [4.69, 9.17) is 11.6 Å². The summed E-state index contributed by atoms with van der Waals surface area (Å²) in [5.41, 5.74) is 2.63. The van der Waals surface area contributed by atoms with Crippen molar-refractivity contribution in [3.8, 4) is 0 Å². The summed E-state index contributed by atoms with van der Waals surface area (Å²) in [5, 5.41) is 2.71. The fourth-order valence-corrected chi connectivity index (χ4v) is 3.60. The third-order valence-corrected chi connectivity index (χ3v) is 5.21. The van der Waals surface area contributed by atoms with Crippen LogP contribution in [-0.4, -0.2) is 29.9 Å². The fraction of sp³-hybridized carbons (Fsp3) is 0.350. The highest BCUT2D eigenvalue weighted by atomic mass is 35.5.